The lowest BCUT2D eigenvalue weighted by Gasteiger charge is -2.35. The van der Waals surface area contributed by atoms with Gasteiger partial charge >= 0.3 is 0 Å². The highest BCUT2D eigenvalue weighted by atomic mass is 16.1. The van der Waals surface area contributed by atoms with E-state index in [0.29, 0.717) is 12.0 Å². The third-order valence-corrected chi connectivity index (χ3v) is 5.02. The topological polar surface area (TPSA) is 34.4 Å². The Labute approximate surface area is 130 Å². The van der Waals surface area contributed by atoms with E-state index in [1.54, 1.807) is 17.8 Å². The van der Waals surface area contributed by atoms with Crippen molar-refractivity contribution in [1.82, 2.24) is 4.57 Å². The largest absolute Gasteiger partial charge is 0.318 e. The molecule has 1 aliphatic heterocycles. The molecular weight excluding hydrogens is 272 g/mol. The van der Waals surface area contributed by atoms with Gasteiger partial charge < -0.3 is 4.57 Å². The summed E-state index contributed by atoms with van der Waals surface area (Å²) < 4.78 is 1.63. The summed E-state index contributed by atoms with van der Waals surface area (Å²) in [6.07, 6.45) is 6.67. The fourth-order valence-electron chi connectivity index (χ4n) is 3.89. The van der Waals surface area contributed by atoms with Crippen LogP contribution in [-0.2, 0) is 7.05 Å². The maximum absolute atomic E-state index is 12.5. The second kappa shape index (κ2) is 5.24. The fraction of sp³-hybridized carbons (Fsp3) is 0.368. The lowest BCUT2D eigenvalue weighted by molar-refractivity contribution is 0.383. The Kier molecular flexibility index (Phi) is 3.21. The Hall–Kier alpha value is -2.16. The minimum Gasteiger partial charge on any atom is -0.318 e. The van der Waals surface area contributed by atoms with E-state index in [2.05, 4.69) is 18.2 Å². The first-order valence-corrected chi connectivity index (χ1v) is 8.09. The minimum absolute atomic E-state index is 0.0327. The highest BCUT2D eigenvalue weighted by Gasteiger charge is 2.33. The van der Waals surface area contributed by atoms with Gasteiger partial charge in [-0.15, -0.1) is 0 Å². The van der Waals surface area contributed by atoms with E-state index >= 15 is 0 Å². The summed E-state index contributed by atoms with van der Waals surface area (Å²) >= 11 is 0. The minimum atomic E-state index is 0.0327. The van der Waals surface area contributed by atoms with Crippen LogP contribution in [0.15, 0.2) is 52.4 Å². The number of pyridine rings is 1. The molecule has 112 valence electrons. The van der Waals surface area contributed by atoms with Crippen LogP contribution < -0.4 is 5.56 Å². The quantitative estimate of drug-likeness (QED) is 0.794. The van der Waals surface area contributed by atoms with Crippen LogP contribution in [-0.4, -0.2) is 16.3 Å². The molecule has 0 radical (unpaired) electrons. The standard InChI is InChI=1S/C19H20N2O/c1-21-12-6-10-16(19(21)22)18-15-9-3-2-7-13(15)14-8-4-5-11-17(14)20-18/h2-3,6-7,9-10,12,14,17H,4-5,8,11H2,1H3. The van der Waals surface area contributed by atoms with Gasteiger partial charge in [-0.05, 0) is 30.5 Å². The van der Waals surface area contributed by atoms with Crippen LogP contribution in [0.4, 0.5) is 0 Å². The summed E-state index contributed by atoms with van der Waals surface area (Å²) in [5.74, 6) is 0.529. The van der Waals surface area contributed by atoms with E-state index in [1.807, 2.05) is 18.2 Å². The van der Waals surface area contributed by atoms with Gasteiger partial charge in [0.15, 0.2) is 0 Å². The Bertz CT molecular complexity index is 803. The summed E-state index contributed by atoms with van der Waals surface area (Å²) in [7, 11) is 1.80. The molecule has 1 aromatic carbocycles. The maximum atomic E-state index is 12.5. The van der Waals surface area contributed by atoms with Crippen molar-refractivity contribution in [2.45, 2.75) is 37.6 Å². The Morgan fingerprint density at radius 3 is 2.73 bits per heavy atom. The van der Waals surface area contributed by atoms with Crippen molar-refractivity contribution in [2.24, 2.45) is 12.0 Å². The molecule has 0 bridgehead atoms. The van der Waals surface area contributed by atoms with Crippen LogP contribution in [0, 0.1) is 0 Å². The van der Waals surface area contributed by atoms with Crippen molar-refractivity contribution in [1.29, 1.82) is 0 Å². The Balaban J connectivity index is 1.93. The molecule has 0 spiro atoms. The van der Waals surface area contributed by atoms with Gasteiger partial charge in [-0.2, -0.15) is 0 Å². The second-order valence-corrected chi connectivity index (χ2v) is 6.36. The van der Waals surface area contributed by atoms with Gasteiger partial charge in [0.2, 0.25) is 0 Å². The Morgan fingerprint density at radius 2 is 1.82 bits per heavy atom. The first-order chi connectivity index (χ1) is 10.8. The van der Waals surface area contributed by atoms with Crippen LogP contribution in [0.5, 0.6) is 0 Å². The van der Waals surface area contributed by atoms with Gasteiger partial charge in [-0.1, -0.05) is 37.1 Å². The van der Waals surface area contributed by atoms with Gasteiger partial charge in [0.05, 0.1) is 17.3 Å². The van der Waals surface area contributed by atoms with Crippen LogP contribution in [0.3, 0.4) is 0 Å². The molecule has 1 fully saturated rings. The molecule has 1 aliphatic carbocycles. The molecule has 1 saturated carbocycles. The monoisotopic (exact) mass is 292 g/mol. The average molecular weight is 292 g/mol. The molecule has 4 rings (SSSR count). The summed E-state index contributed by atoms with van der Waals surface area (Å²) in [5.41, 5.74) is 4.17. The third kappa shape index (κ3) is 2.04. The number of rotatable bonds is 1. The van der Waals surface area contributed by atoms with E-state index in [4.69, 9.17) is 4.99 Å². The number of nitrogens with zero attached hydrogens (tertiary/aromatic N) is 2. The normalized spacial score (nSPS) is 23.4. The number of aliphatic imine (C=N–C) groups is 1. The molecule has 3 nitrogen and oxygen atoms in total. The van der Waals surface area contributed by atoms with Crippen molar-refractivity contribution >= 4 is 5.71 Å². The summed E-state index contributed by atoms with van der Waals surface area (Å²) in [4.78, 5) is 17.5. The summed E-state index contributed by atoms with van der Waals surface area (Å²) in [6, 6.07) is 12.7. The summed E-state index contributed by atoms with van der Waals surface area (Å²) in [5, 5.41) is 0. The van der Waals surface area contributed by atoms with Crippen molar-refractivity contribution in [3.8, 4) is 0 Å². The first kappa shape index (κ1) is 13.5. The van der Waals surface area contributed by atoms with Crippen molar-refractivity contribution in [2.75, 3.05) is 0 Å². The molecule has 2 atom stereocenters. The molecule has 2 aromatic rings. The number of hydrogen-bond acceptors (Lipinski definition) is 2. The number of fused-ring (bicyclic) bond motifs is 3. The molecular formula is C19H20N2O. The maximum Gasteiger partial charge on any atom is 0.259 e. The van der Waals surface area contributed by atoms with Gasteiger partial charge in [0.25, 0.3) is 5.56 Å². The second-order valence-electron chi connectivity index (χ2n) is 6.36. The zero-order chi connectivity index (χ0) is 15.1. The van der Waals surface area contributed by atoms with Gasteiger partial charge in [-0.3, -0.25) is 9.79 Å². The average Bonchev–Trinajstić information content (AvgIpc) is 2.57. The van der Waals surface area contributed by atoms with E-state index in [9.17, 15) is 4.79 Å². The Morgan fingerprint density at radius 1 is 1.05 bits per heavy atom. The smallest absolute Gasteiger partial charge is 0.259 e. The zero-order valence-electron chi connectivity index (χ0n) is 12.8. The number of hydrogen-bond donors (Lipinski definition) is 0. The molecule has 0 N–H and O–H groups in total. The predicted octanol–water partition coefficient (Wildman–Crippen LogP) is 3.26. The lowest BCUT2D eigenvalue weighted by atomic mass is 9.75. The molecule has 2 aliphatic rings. The van der Waals surface area contributed by atoms with Crippen molar-refractivity contribution in [3.63, 3.8) is 0 Å². The van der Waals surface area contributed by atoms with Gasteiger partial charge in [-0.25, -0.2) is 0 Å². The van der Waals surface area contributed by atoms with Gasteiger partial charge in [0.1, 0.15) is 0 Å². The fourth-order valence-corrected chi connectivity index (χ4v) is 3.89. The molecule has 0 saturated heterocycles. The van der Waals surface area contributed by atoms with E-state index in [-0.39, 0.29) is 5.56 Å². The van der Waals surface area contributed by atoms with Gasteiger partial charge in [0, 0.05) is 24.7 Å². The van der Waals surface area contributed by atoms with Crippen LogP contribution in [0.25, 0.3) is 0 Å². The van der Waals surface area contributed by atoms with E-state index < -0.39 is 0 Å². The van der Waals surface area contributed by atoms with Crippen molar-refractivity contribution in [3.05, 3.63) is 69.6 Å². The molecule has 2 heterocycles. The van der Waals surface area contributed by atoms with E-state index in [0.717, 1.165) is 23.3 Å². The van der Waals surface area contributed by atoms with Crippen molar-refractivity contribution < 1.29 is 0 Å². The molecule has 2 unspecified atom stereocenters. The predicted molar refractivity (Wildman–Crippen MR) is 88.8 cm³/mol. The lowest BCUT2D eigenvalue weighted by Crippen LogP contribution is -2.32. The van der Waals surface area contributed by atoms with E-state index in [1.165, 1.54) is 24.8 Å². The molecule has 0 amide bonds. The third-order valence-electron chi connectivity index (χ3n) is 5.02. The highest BCUT2D eigenvalue weighted by molar-refractivity contribution is 6.14. The highest BCUT2D eigenvalue weighted by Crippen LogP contribution is 2.40. The first-order valence-electron chi connectivity index (χ1n) is 8.09. The number of aromatic nitrogens is 1. The summed E-state index contributed by atoms with van der Waals surface area (Å²) in [6.45, 7) is 0. The van der Waals surface area contributed by atoms with Crippen LogP contribution in [0.2, 0.25) is 0 Å². The zero-order valence-corrected chi connectivity index (χ0v) is 12.8. The molecule has 3 heteroatoms. The van der Waals surface area contributed by atoms with Crippen LogP contribution in [0.1, 0.15) is 48.3 Å². The number of benzene rings is 1. The number of aryl methyl sites for hydroxylation is 1. The molecule has 1 aromatic heterocycles. The SMILES string of the molecule is Cn1cccc(C2=NC3CCCCC3c3ccccc32)c1=O. The van der Waals surface area contributed by atoms with Crippen LogP contribution >= 0.6 is 0 Å². The molecule has 22 heavy (non-hydrogen) atoms.